The largest absolute Gasteiger partial charge is 0.496 e. The van der Waals surface area contributed by atoms with Gasteiger partial charge in [0.1, 0.15) is 17.1 Å². The molecule has 2 heterocycles. The molecule has 9 heteroatoms. The van der Waals surface area contributed by atoms with Crippen LogP contribution in [-0.2, 0) is 6.54 Å². The number of methoxy groups -OCH3 is 1. The van der Waals surface area contributed by atoms with Gasteiger partial charge in [0.2, 0.25) is 5.95 Å². The number of anilines is 1. The van der Waals surface area contributed by atoms with Crippen molar-refractivity contribution in [2.45, 2.75) is 6.54 Å². The van der Waals surface area contributed by atoms with Crippen LogP contribution in [0.15, 0.2) is 64.3 Å². The topological polar surface area (TPSA) is 102 Å². The molecule has 8 nitrogen and oxygen atoms in total. The quantitative estimate of drug-likeness (QED) is 0.539. The van der Waals surface area contributed by atoms with Crippen LogP contribution in [0.4, 0.5) is 10.3 Å². The van der Waals surface area contributed by atoms with Crippen molar-refractivity contribution in [3.05, 3.63) is 86.9 Å². The zero-order chi connectivity index (χ0) is 20.4. The van der Waals surface area contributed by atoms with Gasteiger partial charge < -0.3 is 15.0 Å². The summed E-state index contributed by atoms with van der Waals surface area (Å²) in [6, 6.07) is 12.7. The van der Waals surface area contributed by atoms with Gasteiger partial charge >= 0.3 is 5.69 Å². The van der Waals surface area contributed by atoms with Crippen molar-refractivity contribution in [2.75, 3.05) is 12.4 Å². The molecule has 29 heavy (non-hydrogen) atoms. The van der Waals surface area contributed by atoms with E-state index in [1.807, 2.05) is 24.3 Å². The third kappa shape index (κ3) is 3.57. The number of H-pyrrole nitrogens is 1. The molecule has 2 aromatic rings. The molecule has 2 aliphatic rings. The minimum atomic E-state index is -0.814. The van der Waals surface area contributed by atoms with Crippen LogP contribution >= 0.6 is 0 Å². The summed E-state index contributed by atoms with van der Waals surface area (Å²) in [5.41, 5.74) is -0.328. The molecule has 0 fully saturated rings. The highest BCUT2D eigenvalue weighted by atomic mass is 19.1. The first-order valence-corrected chi connectivity index (χ1v) is 8.70. The highest BCUT2D eigenvalue weighted by Crippen LogP contribution is 2.19. The van der Waals surface area contributed by atoms with E-state index in [1.54, 1.807) is 7.11 Å². The number of aromatic nitrogens is 4. The van der Waals surface area contributed by atoms with E-state index in [0.29, 0.717) is 12.5 Å². The number of para-hydroxylation sites is 1. The van der Waals surface area contributed by atoms with Gasteiger partial charge in [-0.1, -0.05) is 24.3 Å². The smallest absolute Gasteiger partial charge is 0.357 e. The Kier molecular flexibility index (Phi) is 4.78. The van der Waals surface area contributed by atoms with Crippen molar-refractivity contribution in [3.63, 3.8) is 0 Å². The van der Waals surface area contributed by atoms with Gasteiger partial charge in [0, 0.05) is 18.3 Å². The number of hydrogen-bond acceptors (Lipinski definition) is 6. The predicted molar refractivity (Wildman–Crippen MR) is 105 cm³/mol. The summed E-state index contributed by atoms with van der Waals surface area (Å²) >= 11 is 0. The fourth-order valence-electron chi connectivity index (χ4n) is 2.96. The van der Waals surface area contributed by atoms with Crippen molar-refractivity contribution in [3.8, 4) is 22.8 Å². The first-order valence-electron chi connectivity index (χ1n) is 8.70. The molecule has 0 bridgehead atoms. The minimum absolute atomic E-state index is 0.0881. The SMILES string of the molecule is COc1ccccc1CNc1ncc2c(=O)n(-c3cccc(F)c3)c(=O)nc-2[nH]1. The first kappa shape index (κ1) is 18.4. The van der Waals surface area contributed by atoms with Gasteiger partial charge in [0.05, 0.1) is 12.8 Å². The van der Waals surface area contributed by atoms with E-state index in [-0.39, 0.29) is 17.1 Å². The number of aromatic amines is 1. The van der Waals surface area contributed by atoms with Crippen LogP contribution in [0.2, 0.25) is 0 Å². The molecule has 0 saturated carbocycles. The van der Waals surface area contributed by atoms with E-state index in [4.69, 9.17) is 4.74 Å². The predicted octanol–water partition coefficient (Wildman–Crippen LogP) is 2.18. The second kappa shape index (κ2) is 7.55. The van der Waals surface area contributed by atoms with Crippen LogP contribution in [0.1, 0.15) is 5.56 Å². The lowest BCUT2D eigenvalue weighted by Gasteiger charge is -2.12. The molecular formula is C20H16FN5O3. The molecule has 0 spiro atoms. The summed E-state index contributed by atoms with van der Waals surface area (Å²) in [5.74, 6) is 0.580. The second-order valence-corrected chi connectivity index (χ2v) is 6.17. The molecule has 0 amide bonds. The highest BCUT2D eigenvalue weighted by Gasteiger charge is 2.17. The average Bonchev–Trinajstić information content (AvgIpc) is 2.72. The van der Waals surface area contributed by atoms with Crippen molar-refractivity contribution in [1.29, 1.82) is 0 Å². The lowest BCUT2D eigenvalue weighted by Crippen LogP contribution is -2.36. The van der Waals surface area contributed by atoms with Gasteiger partial charge in [0.15, 0.2) is 5.82 Å². The van der Waals surface area contributed by atoms with Crippen molar-refractivity contribution < 1.29 is 9.13 Å². The number of benzene rings is 2. The molecule has 2 N–H and O–H groups in total. The van der Waals surface area contributed by atoms with Crippen LogP contribution in [0.5, 0.6) is 5.75 Å². The molecule has 0 saturated heterocycles. The molecule has 2 aromatic carbocycles. The zero-order valence-electron chi connectivity index (χ0n) is 15.3. The molecular weight excluding hydrogens is 377 g/mol. The minimum Gasteiger partial charge on any atom is -0.496 e. The van der Waals surface area contributed by atoms with E-state index >= 15 is 0 Å². The van der Waals surface area contributed by atoms with E-state index in [1.165, 1.54) is 24.4 Å². The van der Waals surface area contributed by atoms with Gasteiger partial charge in [-0.25, -0.2) is 18.7 Å². The summed E-state index contributed by atoms with van der Waals surface area (Å²) in [6.45, 7) is 0.406. The maximum absolute atomic E-state index is 13.5. The van der Waals surface area contributed by atoms with Gasteiger partial charge in [0.25, 0.3) is 5.56 Å². The molecule has 0 aromatic heterocycles. The Bertz CT molecular complexity index is 1270. The standard InChI is InChI=1S/C20H16FN5O3/c1-29-16-8-3-2-5-12(16)10-22-19-23-11-15-17(24-19)25-20(28)26(18(15)27)14-7-4-6-13(21)9-14/h2-9,11H,10H2,1H3,(H2,22,23,24,25,28). The van der Waals surface area contributed by atoms with Crippen molar-refractivity contribution in [1.82, 2.24) is 19.5 Å². The van der Waals surface area contributed by atoms with Gasteiger partial charge in [-0.15, -0.1) is 0 Å². The Labute approximate surface area is 164 Å². The van der Waals surface area contributed by atoms with Crippen LogP contribution in [0.25, 0.3) is 17.1 Å². The van der Waals surface area contributed by atoms with Crippen LogP contribution < -0.4 is 21.3 Å². The Hall–Kier alpha value is -4.01. The molecule has 0 radical (unpaired) electrons. The Morgan fingerprint density at radius 3 is 2.79 bits per heavy atom. The molecule has 0 atom stereocenters. The maximum atomic E-state index is 13.5. The Morgan fingerprint density at radius 1 is 1.17 bits per heavy atom. The van der Waals surface area contributed by atoms with Crippen LogP contribution in [0.3, 0.4) is 0 Å². The van der Waals surface area contributed by atoms with E-state index in [9.17, 15) is 14.0 Å². The van der Waals surface area contributed by atoms with E-state index < -0.39 is 17.1 Å². The number of ether oxygens (including phenoxy) is 1. The van der Waals surface area contributed by atoms with Crippen molar-refractivity contribution >= 4 is 5.95 Å². The number of halogens is 1. The highest BCUT2D eigenvalue weighted by molar-refractivity contribution is 5.56. The number of nitrogens with one attached hydrogen (secondary N) is 2. The van der Waals surface area contributed by atoms with Crippen molar-refractivity contribution in [2.24, 2.45) is 0 Å². The fourth-order valence-corrected chi connectivity index (χ4v) is 2.96. The van der Waals surface area contributed by atoms with Crippen LogP contribution in [-0.4, -0.2) is 26.6 Å². The molecule has 2 aliphatic heterocycles. The molecule has 0 unspecified atom stereocenters. The summed E-state index contributed by atoms with van der Waals surface area (Å²) in [7, 11) is 1.59. The van der Waals surface area contributed by atoms with E-state index in [0.717, 1.165) is 21.9 Å². The number of nitrogens with zero attached hydrogens (tertiary/aromatic N) is 3. The average molecular weight is 393 g/mol. The van der Waals surface area contributed by atoms with Gasteiger partial charge in [-0.3, -0.25) is 4.79 Å². The summed E-state index contributed by atoms with van der Waals surface area (Å²) in [5, 5.41) is 3.07. The second-order valence-electron chi connectivity index (χ2n) is 6.17. The third-order valence-corrected chi connectivity index (χ3v) is 4.35. The molecule has 4 rings (SSSR count). The monoisotopic (exact) mass is 393 g/mol. The van der Waals surface area contributed by atoms with Gasteiger partial charge in [-0.05, 0) is 24.3 Å². The summed E-state index contributed by atoms with van der Waals surface area (Å²) < 4.78 is 19.6. The Morgan fingerprint density at radius 2 is 2.00 bits per heavy atom. The zero-order valence-corrected chi connectivity index (χ0v) is 15.3. The summed E-state index contributed by atoms with van der Waals surface area (Å²) in [4.78, 5) is 36.1. The van der Waals surface area contributed by atoms with E-state index in [2.05, 4.69) is 20.3 Å². The fraction of sp³-hybridized carbons (Fsp3) is 0.100. The first-order chi connectivity index (χ1) is 14.1. The lowest BCUT2D eigenvalue weighted by molar-refractivity contribution is 0.410. The maximum Gasteiger partial charge on any atom is 0.357 e. The normalized spacial score (nSPS) is 10.8. The number of hydrogen-bond donors (Lipinski definition) is 2. The summed E-state index contributed by atoms with van der Waals surface area (Å²) in [6.07, 6.45) is 1.32. The third-order valence-electron chi connectivity index (χ3n) is 4.35. The van der Waals surface area contributed by atoms with Crippen LogP contribution in [0, 0.1) is 5.82 Å². The molecule has 0 aliphatic carbocycles. The molecule has 146 valence electrons. The lowest BCUT2D eigenvalue weighted by atomic mass is 10.2. The van der Waals surface area contributed by atoms with Gasteiger partial charge in [-0.2, -0.15) is 4.98 Å². The number of fused-ring (bicyclic) bond motifs is 1. The Balaban J connectivity index is 1.69. The number of rotatable bonds is 5.